The lowest BCUT2D eigenvalue weighted by Crippen LogP contribution is -2.54. The molecule has 0 bridgehead atoms. The molecule has 7 unspecified atom stereocenters. The standard InChI is InChI=1S/C25H38O5/c1-15(5-8-23(29)30)19-6-7-20-16(2)21(14-22(28)25(19,20)4)24(3)11-9-18(27)13-17(24)10-12-26/h12,15-17,19-21H,5-11,13-14H2,1-4H3,(H,29,30)/t15-,16?,17?,19?,20?,21?,24?,25?/m1/s1. The fourth-order valence-electron chi connectivity index (χ4n) is 7.78. The third kappa shape index (κ3) is 3.78. The lowest BCUT2D eigenvalue weighted by atomic mass is 9.48. The van der Waals surface area contributed by atoms with E-state index in [1.165, 1.54) is 0 Å². The molecule has 0 aliphatic heterocycles. The summed E-state index contributed by atoms with van der Waals surface area (Å²) in [6.07, 6.45) is 6.42. The van der Waals surface area contributed by atoms with Crippen LogP contribution in [-0.2, 0) is 19.2 Å². The number of fused-ring (bicyclic) bond motifs is 1. The average Bonchev–Trinajstić information content (AvgIpc) is 3.05. The first-order chi connectivity index (χ1) is 14.1. The van der Waals surface area contributed by atoms with Gasteiger partial charge in [0.1, 0.15) is 17.9 Å². The van der Waals surface area contributed by atoms with Crippen LogP contribution < -0.4 is 0 Å². The van der Waals surface area contributed by atoms with Crippen molar-refractivity contribution in [3.05, 3.63) is 0 Å². The van der Waals surface area contributed by atoms with Gasteiger partial charge in [-0.2, -0.15) is 0 Å². The van der Waals surface area contributed by atoms with Crippen molar-refractivity contribution in [1.82, 2.24) is 0 Å². The van der Waals surface area contributed by atoms with Crippen molar-refractivity contribution in [2.75, 3.05) is 0 Å². The van der Waals surface area contributed by atoms with Crippen molar-refractivity contribution in [2.24, 2.45) is 46.3 Å². The van der Waals surface area contributed by atoms with E-state index in [0.29, 0.717) is 49.7 Å². The molecule has 3 saturated carbocycles. The number of hydrogen-bond acceptors (Lipinski definition) is 4. The Kier molecular flexibility index (Phi) is 6.60. The molecule has 0 heterocycles. The minimum absolute atomic E-state index is 0.0348. The summed E-state index contributed by atoms with van der Waals surface area (Å²) < 4.78 is 0. The molecule has 0 aromatic carbocycles. The van der Waals surface area contributed by atoms with Crippen molar-refractivity contribution in [2.45, 2.75) is 85.5 Å². The quantitative estimate of drug-likeness (QED) is 0.605. The van der Waals surface area contributed by atoms with Gasteiger partial charge in [0.25, 0.3) is 0 Å². The van der Waals surface area contributed by atoms with Crippen LogP contribution in [0.4, 0.5) is 0 Å². The molecule has 5 heteroatoms. The summed E-state index contributed by atoms with van der Waals surface area (Å²) in [7, 11) is 0. The van der Waals surface area contributed by atoms with Gasteiger partial charge in [0.2, 0.25) is 0 Å². The van der Waals surface area contributed by atoms with Gasteiger partial charge in [-0.05, 0) is 66.6 Å². The van der Waals surface area contributed by atoms with Crippen LogP contribution in [0.3, 0.4) is 0 Å². The zero-order chi connectivity index (χ0) is 22.3. The number of carbonyl (C=O) groups is 4. The first-order valence-electron chi connectivity index (χ1n) is 11.8. The number of rotatable bonds is 7. The SMILES string of the molecule is CC1C(C2(C)CCC(=O)CC2CC=O)CC(=O)C2(C)C1CCC2[C@H](C)CCC(=O)O. The van der Waals surface area contributed by atoms with Gasteiger partial charge in [-0.1, -0.05) is 27.7 Å². The van der Waals surface area contributed by atoms with E-state index in [9.17, 15) is 19.2 Å². The molecule has 0 amide bonds. The Morgan fingerprint density at radius 2 is 1.90 bits per heavy atom. The number of ketones is 2. The molecule has 3 aliphatic carbocycles. The van der Waals surface area contributed by atoms with Gasteiger partial charge in [-0.25, -0.2) is 0 Å². The van der Waals surface area contributed by atoms with Crippen LogP contribution >= 0.6 is 0 Å². The van der Waals surface area contributed by atoms with Crippen molar-refractivity contribution in [3.63, 3.8) is 0 Å². The van der Waals surface area contributed by atoms with Crippen molar-refractivity contribution in [1.29, 1.82) is 0 Å². The topological polar surface area (TPSA) is 88.5 Å². The Labute approximate surface area is 180 Å². The Bertz CT molecular complexity index is 714. The molecule has 0 aromatic heterocycles. The van der Waals surface area contributed by atoms with E-state index in [1.807, 2.05) is 0 Å². The second kappa shape index (κ2) is 8.55. The number of carbonyl (C=O) groups excluding carboxylic acids is 3. The van der Waals surface area contributed by atoms with E-state index in [2.05, 4.69) is 27.7 Å². The monoisotopic (exact) mass is 418 g/mol. The fourth-order valence-corrected chi connectivity index (χ4v) is 7.78. The van der Waals surface area contributed by atoms with Crippen LogP contribution in [0, 0.1) is 46.3 Å². The number of carboxylic acid groups (broad SMARTS) is 1. The third-order valence-electron chi connectivity index (χ3n) is 9.68. The maximum atomic E-state index is 13.7. The highest BCUT2D eigenvalue weighted by atomic mass is 16.4. The summed E-state index contributed by atoms with van der Waals surface area (Å²) in [5.41, 5.74) is -0.535. The maximum absolute atomic E-state index is 13.7. The number of aldehydes is 1. The molecule has 0 aromatic rings. The summed E-state index contributed by atoms with van der Waals surface area (Å²) in [6, 6.07) is 0. The van der Waals surface area contributed by atoms with Gasteiger partial charge in [0.15, 0.2) is 0 Å². The summed E-state index contributed by atoms with van der Waals surface area (Å²) in [4.78, 5) is 48.1. The van der Waals surface area contributed by atoms with Gasteiger partial charge in [-0.3, -0.25) is 14.4 Å². The molecular formula is C25H38O5. The fraction of sp³-hybridized carbons (Fsp3) is 0.840. The van der Waals surface area contributed by atoms with Gasteiger partial charge in [-0.15, -0.1) is 0 Å². The highest BCUT2D eigenvalue weighted by Gasteiger charge is 2.61. The normalized spacial score (nSPS) is 42.6. The smallest absolute Gasteiger partial charge is 0.303 e. The van der Waals surface area contributed by atoms with E-state index < -0.39 is 5.97 Å². The molecule has 30 heavy (non-hydrogen) atoms. The van der Waals surface area contributed by atoms with E-state index in [1.54, 1.807) is 0 Å². The zero-order valence-corrected chi connectivity index (χ0v) is 19.0. The van der Waals surface area contributed by atoms with Crippen molar-refractivity contribution >= 4 is 23.8 Å². The first kappa shape index (κ1) is 23.1. The highest BCUT2D eigenvalue weighted by Crippen LogP contribution is 2.63. The number of carboxylic acids is 1. The summed E-state index contributed by atoms with van der Waals surface area (Å²) in [6.45, 7) is 8.74. The lowest BCUT2D eigenvalue weighted by molar-refractivity contribution is -0.151. The summed E-state index contributed by atoms with van der Waals surface area (Å²) in [5, 5.41) is 9.07. The molecule has 0 radical (unpaired) electrons. The Morgan fingerprint density at radius 1 is 1.20 bits per heavy atom. The second-order valence-corrected chi connectivity index (χ2v) is 10.9. The Balaban J connectivity index is 1.85. The maximum Gasteiger partial charge on any atom is 0.303 e. The summed E-state index contributed by atoms with van der Waals surface area (Å²) >= 11 is 0. The molecule has 3 rings (SSSR count). The molecule has 3 aliphatic rings. The number of aliphatic carboxylic acids is 1. The minimum Gasteiger partial charge on any atom is -0.481 e. The van der Waals surface area contributed by atoms with Gasteiger partial charge in [0, 0.05) is 37.5 Å². The molecule has 1 N–H and O–H groups in total. The van der Waals surface area contributed by atoms with E-state index in [-0.39, 0.29) is 46.7 Å². The van der Waals surface area contributed by atoms with E-state index >= 15 is 0 Å². The van der Waals surface area contributed by atoms with E-state index in [4.69, 9.17) is 5.11 Å². The Morgan fingerprint density at radius 3 is 2.53 bits per heavy atom. The lowest BCUT2D eigenvalue weighted by Gasteiger charge is -2.55. The molecule has 8 atom stereocenters. The molecule has 0 saturated heterocycles. The molecule has 0 spiro atoms. The van der Waals surface area contributed by atoms with Gasteiger partial charge < -0.3 is 9.90 Å². The number of Topliss-reactive ketones (excluding diaryl/α,β-unsaturated/α-hetero) is 2. The van der Waals surface area contributed by atoms with Crippen LogP contribution in [0.15, 0.2) is 0 Å². The van der Waals surface area contributed by atoms with Crippen LogP contribution in [0.1, 0.15) is 85.5 Å². The second-order valence-electron chi connectivity index (χ2n) is 10.9. The molecular weight excluding hydrogens is 380 g/mol. The highest BCUT2D eigenvalue weighted by molar-refractivity contribution is 5.87. The van der Waals surface area contributed by atoms with Gasteiger partial charge >= 0.3 is 5.97 Å². The molecule has 168 valence electrons. The van der Waals surface area contributed by atoms with Crippen LogP contribution in [0.2, 0.25) is 0 Å². The van der Waals surface area contributed by atoms with Crippen molar-refractivity contribution < 1.29 is 24.3 Å². The average molecular weight is 419 g/mol. The number of hydrogen-bond donors (Lipinski definition) is 1. The third-order valence-corrected chi connectivity index (χ3v) is 9.68. The Hall–Kier alpha value is -1.52. The first-order valence-corrected chi connectivity index (χ1v) is 11.8. The van der Waals surface area contributed by atoms with Gasteiger partial charge in [0.05, 0.1) is 0 Å². The van der Waals surface area contributed by atoms with Crippen molar-refractivity contribution in [3.8, 4) is 0 Å². The predicted molar refractivity (Wildman–Crippen MR) is 114 cm³/mol. The zero-order valence-electron chi connectivity index (χ0n) is 19.0. The van der Waals surface area contributed by atoms with Crippen LogP contribution in [0.25, 0.3) is 0 Å². The molecule has 5 nitrogen and oxygen atoms in total. The molecule has 3 fully saturated rings. The largest absolute Gasteiger partial charge is 0.481 e. The summed E-state index contributed by atoms with van der Waals surface area (Å²) in [5.74, 6) is 1.14. The van der Waals surface area contributed by atoms with Crippen LogP contribution in [-0.4, -0.2) is 28.9 Å². The minimum atomic E-state index is -0.772. The van der Waals surface area contributed by atoms with E-state index in [0.717, 1.165) is 25.5 Å². The van der Waals surface area contributed by atoms with Crippen LogP contribution in [0.5, 0.6) is 0 Å². The predicted octanol–water partition coefficient (Wildman–Crippen LogP) is 4.71.